The molecule has 0 spiro atoms. The minimum atomic E-state index is 1.06. The summed E-state index contributed by atoms with van der Waals surface area (Å²) in [7, 11) is 1.92. The molecule has 0 aromatic carbocycles. The molecule has 1 N–H and O–H groups in total. The Morgan fingerprint density at radius 2 is 2.00 bits per heavy atom. The molecule has 1 aromatic heterocycles. The van der Waals surface area contributed by atoms with E-state index in [0.29, 0.717) is 0 Å². The summed E-state index contributed by atoms with van der Waals surface area (Å²) in [6.45, 7) is 8.16. The second-order valence-corrected chi connectivity index (χ2v) is 2.59. The molecular formula is C11H20N2. The number of anilines is 1. The highest BCUT2D eigenvalue weighted by atomic mass is 14.8. The van der Waals surface area contributed by atoms with Gasteiger partial charge in [-0.3, -0.25) is 4.98 Å². The summed E-state index contributed by atoms with van der Waals surface area (Å²) in [4.78, 5) is 4.20. The van der Waals surface area contributed by atoms with E-state index in [-0.39, 0.29) is 0 Å². The van der Waals surface area contributed by atoms with Crippen molar-refractivity contribution in [2.75, 3.05) is 12.4 Å². The average molecular weight is 180 g/mol. The number of aryl methyl sites for hydroxylation is 2. The van der Waals surface area contributed by atoms with E-state index in [1.807, 2.05) is 34.0 Å². The van der Waals surface area contributed by atoms with Crippen LogP contribution in [0.15, 0.2) is 12.3 Å². The van der Waals surface area contributed by atoms with E-state index >= 15 is 0 Å². The fourth-order valence-corrected chi connectivity index (χ4v) is 1.13. The molecule has 2 nitrogen and oxygen atoms in total. The van der Waals surface area contributed by atoms with Crippen LogP contribution in [-0.2, 0) is 6.42 Å². The van der Waals surface area contributed by atoms with E-state index in [2.05, 4.69) is 23.3 Å². The van der Waals surface area contributed by atoms with Crippen LogP contribution in [0.4, 0.5) is 5.69 Å². The van der Waals surface area contributed by atoms with Crippen molar-refractivity contribution in [2.24, 2.45) is 0 Å². The summed E-state index contributed by atoms with van der Waals surface area (Å²) in [6, 6.07) is 2.12. The molecule has 0 unspecified atom stereocenters. The molecule has 0 aliphatic carbocycles. The van der Waals surface area contributed by atoms with Gasteiger partial charge in [0.25, 0.3) is 0 Å². The van der Waals surface area contributed by atoms with E-state index in [0.717, 1.165) is 17.8 Å². The van der Waals surface area contributed by atoms with Crippen LogP contribution in [0.5, 0.6) is 0 Å². The van der Waals surface area contributed by atoms with Crippen molar-refractivity contribution in [1.29, 1.82) is 0 Å². The first-order valence-corrected chi connectivity index (χ1v) is 4.91. The molecule has 1 rings (SSSR count). The molecule has 2 heteroatoms. The molecule has 0 saturated carbocycles. The van der Waals surface area contributed by atoms with Gasteiger partial charge in [0.2, 0.25) is 0 Å². The van der Waals surface area contributed by atoms with Crippen LogP contribution in [0.3, 0.4) is 0 Å². The maximum atomic E-state index is 4.20. The maximum Gasteiger partial charge on any atom is 0.0556 e. The van der Waals surface area contributed by atoms with Gasteiger partial charge in [-0.25, -0.2) is 0 Å². The second-order valence-electron chi connectivity index (χ2n) is 2.59. The lowest BCUT2D eigenvalue weighted by Gasteiger charge is -2.06. The van der Waals surface area contributed by atoms with Crippen molar-refractivity contribution >= 4 is 5.69 Å². The molecule has 0 aliphatic heterocycles. The Bertz CT molecular complexity index is 244. The van der Waals surface area contributed by atoms with Crippen molar-refractivity contribution in [3.8, 4) is 0 Å². The number of nitrogens with zero attached hydrogens (tertiary/aromatic N) is 1. The number of aromatic nitrogens is 1. The summed E-state index contributed by atoms with van der Waals surface area (Å²) < 4.78 is 0. The molecule has 0 fully saturated rings. The Morgan fingerprint density at radius 3 is 2.46 bits per heavy atom. The Balaban J connectivity index is 0.000000671. The summed E-state index contributed by atoms with van der Waals surface area (Å²) in [5, 5.41) is 3.11. The Labute approximate surface area is 81.4 Å². The van der Waals surface area contributed by atoms with E-state index < -0.39 is 0 Å². The van der Waals surface area contributed by atoms with Gasteiger partial charge in [0, 0.05) is 12.7 Å². The van der Waals surface area contributed by atoms with Crippen molar-refractivity contribution in [2.45, 2.75) is 34.1 Å². The van der Waals surface area contributed by atoms with Crippen LogP contribution >= 0.6 is 0 Å². The lowest BCUT2D eigenvalue weighted by Crippen LogP contribution is -1.96. The predicted octanol–water partition coefficient (Wildman–Crippen LogP) is 3.02. The van der Waals surface area contributed by atoms with Crippen LogP contribution in [0.1, 0.15) is 32.0 Å². The molecule has 0 saturated heterocycles. The highest BCUT2D eigenvalue weighted by molar-refractivity contribution is 5.49. The van der Waals surface area contributed by atoms with Crippen LogP contribution < -0.4 is 5.32 Å². The van der Waals surface area contributed by atoms with Gasteiger partial charge >= 0.3 is 0 Å². The normalized spacial score (nSPS) is 8.69. The van der Waals surface area contributed by atoms with Gasteiger partial charge in [0.1, 0.15) is 0 Å². The zero-order valence-electron chi connectivity index (χ0n) is 9.31. The fraction of sp³-hybridized carbons (Fsp3) is 0.545. The summed E-state index contributed by atoms with van der Waals surface area (Å²) in [6.07, 6.45) is 2.94. The number of pyridine rings is 1. The third-order valence-corrected chi connectivity index (χ3v) is 1.78. The number of rotatable bonds is 2. The van der Waals surface area contributed by atoms with Crippen molar-refractivity contribution in [3.63, 3.8) is 0 Å². The molecule has 0 bridgehead atoms. The number of hydrogen-bond acceptors (Lipinski definition) is 2. The smallest absolute Gasteiger partial charge is 0.0556 e. The van der Waals surface area contributed by atoms with Gasteiger partial charge in [-0.15, -0.1) is 0 Å². The second kappa shape index (κ2) is 6.46. The zero-order chi connectivity index (χ0) is 10.3. The molecular weight excluding hydrogens is 160 g/mol. The quantitative estimate of drug-likeness (QED) is 0.756. The summed E-state index contributed by atoms with van der Waals surface area (Å²) in [5.74, 6) is 0. The van der Waals surface area contributed by atoms with Crippen molar-refractivity contribution in [1.82, 2.24) is 4.98 Å². The Morgan fingerprint density at radius 1 is 1.38 bits per heavy atom. The van der Waals surface area contributed by atoms with E-state index in [4.69, 9.17) is 0 Å². The third kappa shape index (κ3) is 3.45. The van der Waals surface area contributed by atoms with E-state index in [1.165, 1.54) is 5.56 Å². The van der Waals surface area contributed by atoms with Gasteiger partial charge in [0.05, 0.1) is 11.9 Å². The zero-order valence-corrected chi connectivity index (χ0v) is 9.31. The highest BCUT2D eigenvalue weighted by Crippen LogP contribution is 2.14. The first-order valence-electron chi connectivity index (χ1n) is 4.91. The van der Waals surface area contributed by atoms with Gasteiger partial charge in [-0.1, -0.05) is 20.8 Å². The summed E-state index contributed by atoms with van der Waals surface area (Å²) in [5.41, 5.74) is 3.55. The molecule has 0 amide bonds. The average Bonchev–Trinajstić information content (AvgIpc) is 2.20. The lowest BCUT2D eigenvalue weighted by molar-refractivity contribution is 1.09. The number of hydrogen-bond donors (Lipinski definition) is 1. The third-order valence-electron chi connectivity index (χ3n) is 1.78. The first-order chi connectivity index (χ1) is 6.27. The van der Waals surface area contributed by atoms with Crippen LogP contribution in [-0.4, -0.2) is 12.0 Å². The lowest BCUT2D eigenvalue weighted by atomic mass is 10.1. The Kier molecular flexibility index (Phi) is 5.94. The molecule has 0 radical (unpaired) electrons. The molecule has 1 heterocycles. The van der Waals surface area contributed by atoms with Crippen molar-refractivity contribution in [3.05, 3.63) is 23.5 Å². The minimum Gasteiger partial charge on any atom is -0.387 e. The first kappa shape index (κ1) is 11.9. The standard InChI is InChI=1S/C9H14N2.C2H6/c1-4-8-5-7(2)11-6-9(8)10-3;1-2/h5-6,10H,4H2,1-3H3;1-2H3. The van der Waals surface area contributed by atoms with Gasteiger partial charge in [-0.05, 0) is 25.0 Å². The molecule has 13 heavy (non-hydrogen) atoms. The predicted molar refractivity (Wildman–Crippen MR) is 59.2 cm³/mol. The highest BCUT2D eigenvalue weighted by Gasteiger charge is 1.97. The van der Waals surface area contributed by atoms with Crippen LogP contribution in [0.2, 0.25) is 0 Å². The van der Waals surface area contributed by atoms with E-state index in [9.17, 15) is 0 Å². The topological polar surface area (TPSA) is 24.9 Å². The molecule has 0 aliphatic rings. The maximum absolute atomic E-state index is 4.20. The van der Waals surface area contributed by atoms with Gasteiger partial charge < -0.3 is 5.32 Å². The van der Waals surface area contributed by atoms with Crippen LogP contribution in [0.25, 0.3) is 0 Å². The molecule has 1 aromatic rings. The monoisotopic (exact) mass is 180 g/mol. The van der Waals surface area contributed by atoms with Gasteiger partial charge in [-0.2, -0.15) is 0 Å². The molecule has 0 atom stereocenters. The fourth-order valence-electron chi connectivity index (χ4n) is 1.13. The number of nitrogens with one attached hydrogen (secondary N) is 1. The summed E-state index contributed by atoms with van der Waals surface area (Å²) >= 11 is 0. The molecule has 74 valence electrons. The van der Waals surface area contributed by atoms with E-state index in [1.54, 1.807) is 0 Å². The van der Waals surface area contributed by atoms with Crippen molar-refractivity contribution < 1.29 is 0 Å². The largest absolute Gasteiger partial charge is 0.387 e. The van der Waals surface area contributed by atoms with Gasteiger partial charge in [0.15, 0.2) is 0 Å². The minimum absolute atomic E-state index is 1.06. The van der Waals surface area contributed by atoms with Crippen LogP contribution in [0, 0.1) is 6.92 Å². The Hall–Kier alpha value is -1.05. The SMILES string of the molecule is CC.CCc1cc(C)ncc1NC.